The number of carboxylic acids is 1. The molecule has 1 heterocycles. The zero-order valence-corrected chi connectivity index (χ0v) is 11.2. The minimum Gasteiger partial charge on any atom is -0.488 e. The van der Waals surface area contributed by atoms with Crippen molar-refractivity contribution in [3.63, 3.8) is 0 Å². The molecule has 0 unspecified atom stereocenters. The Morgan fingerprint density at radius 3 is 2.80 bits per heavy atom. The molecule has 0 saturated heterocycles. The van der Waals surface area contributed by atoms with Crippen molar-refractivity contribution in [1.82, 2.24) is 9.78 Å². The molecule has 5 nitrogen and oxygen atoms in total. The molecule has 0 saturated carbocycles. The minimum atomic E-state index is -0.980. The van der Waals surface area contributed by atoms with Crippen molar-refractivity contribution in [1.29, 1.82) is 0 Å². The molecule has 0 fully saturated rings. The van der Waals surface area contributed by atoms with E-state index in [-0.39, 0.29) is 18.4 Å². The summed E-state index contributed by atoms with van der Waals surface area (Å²) in [5.74, 6) is -1.24. The van der Waals surface area contributed by atoms with Crippen molar-refractivity contribution >= 4 is 5.97 Å². The van der Waals surface area contributed by atoms with E-state index in [1.807, 2.05) is 13.8 Å². The Morgan fingerprint density at radius 2 is 2.20 bits per heavy atom. The van der Waals surface area contributed by atoms with E-state index in [4.69, 9.17) is 9.84 Å². The first-order valence-corrected chi connectivity index (χ1v) is 6.16. The van der Waals surface area contributed by atoms with Crippen LogP contribution >= 0.6 is 0 Å². The van der Waals surface area contributed by atoms with Crippen molar-refractivity contribution in [2.75, 3.05) is 0 Å². The Hall–Kier alpha value is -2.37. The van der Waals surface area contributed by atoms with Gasteiger partial charge in [0.15, 0.2) is 11.6 Å². The van der Waals surface area contributed by atoms with E-state index in [0.29, 0.717) is 11.1 Å². The third kappa shape index (κ3) is 3.34. The Balaban J connectivity index is 2.23. The zero-order valence-electron chi connectivity index (χ0n) is 11.2. The van der Waals surface area contributed by atoms with Crippen LogP contribution in [0.25, 0.3) is 11.1 Å². The van der Waals surface area contributed by atoms with Crippen LogP contribution in [0, 0.1) is 5.82 Å². The van der Waals surface area contributed by atoms with Gasteiger partial charge in [0.2, 0.25) is 0 Å². The first-order valence-electron chi connectivity index (χ1n) is 6.16. The van der Waals surface area contributed by atoms with Crippen LogP contribution in [-0.2, 0) is 11.3 Å². The first kappa shape index (κ1) is 14.0. The van der Waals surface area contributed by atoms with E-state index in [9.17, 15) is 9.18 Å². The van der Waals surface area contributed by atoms with Gasteiger partial charge in [-0.2, -0.15) is 5.10 Å². The standard InChI is InChI=1S/C14H15FN2O3/c1-9(2)20-13-4-3-10(5-12(13)15)11-6-16-17(7-11)8-14(18)19/h3-7,9H,8H2,1-2H3,(H,18,19). The summed E-state index contributed by atoms with van der Waals surface area (Å²) in [6.45, 7) is 3.42. The van der Waals surface area contributed by atoms with Crippen LogP contribution in [0.15, 0.2) is 30.6 Å². The number of aromatic nitrogens is 2. The molecule has 2 rings (SSSR count). The van der Waals surface area contributed by atoms with Gasteiger partial charge in [0.25, 0.3) is 0 Å². The monoisotopic (exact) mass is 278 g/mol. The van der Waals surface area contributed by atoms with E-state index in [2.05, 4.69) is 5.10 Å². The summed E-state index contributed by atoms with van der Waals surface area (Å²) in [6, 6.07) is 4.61. The summed E-state index contributed by atoms with van der Waals surface area (Å²) in [5, 5.41) is 12.6. The first-order chi connectivity index (χ1) is 9.45. The SMILES string of the molecule is CC(C)Oc1ccc(-c2cnn(CC(=O)O)c2)cc1F. The summed E-state index contributed by atoms with van der Waals surface area (Å²) in [5.41, 5.74) is 1.27. The van der Waals surface area contributed by atoms with Crippen LogP contribution < -0.4 is 4.74 Å². The lowest BCUT2D eigenvalue weighted by Gasteiger charge is -2.11. The molecule has 0 aliphatic heterocycles. The lowest BCUT2D eigenvalue weighted by atomic mass is 10.1. The van der Waals surface area contributed by atoms with Gasteiger partial charge in [-0.15, -0.1) is 0 Å². The molecule has 0 amide bonds. The van der Waals surface area contributed by atoms with Crippen molar-refractivity contribution in [3.05, 3.63) is 36.4 Å². The van der Waals surface area contributed by atoms with Crippen molar-refractivity contribution < 1.29 is 19.0 Å². The van der Waals surface area contributed by atoms with Gasteiger partial charge in [0.05, 0.1) is 12.3 Å². The zero-order chi connectivity index (χ0) is 14.7. The highest BCUT2D eigenvalue weighted by Gasteiger charge is 2.10. The largest absolute Gasteiger partial charge is 0.488 e. The van der Waals surface area contributed by atoms with Gasteiger partial charge in [0.1, 0.15) is 6.54 Å². The van der Waals surface area contributed by atoms with Crippen LogP contribution in [0.1, 0.15) is 13.8 Å². The third-order valence-corrected chi connectivity index (χ3v) is 2.56. The van der Waals surface area contributed by atoms with E-state index in [1.165, 1.54) is 16.9 Å². The second kappa shape index (κ2) is 5.73. The predicted molar refractivity (Wildman–Crippen MR) is 71.0 cm³/mol. The molecule has 2 aromatic rings. The molecular weight excluding hydrogens is 263 g/mol. The molecule has 0 atom stereocenters. The fraction of sp³-hybridized carbons (Fsp3) is 0.286. The van der Waals surface area contributed by atoms with Gasteiger partial charge in [-0.3, -0.25) is 9.48 Å². The molecule has 0 radical (unpaired) electrons. The number of benzene rings is 1. The molecular formula is C14H15FN2O3. The number of aliphatic carboxylic acids is 1. The highest BCUT2D eigenvalue weighted by molar-refractivity contribution is 5.67. The fourth-order valence-corrected chi connectivity index (χ4v) is 1.77. The van der Waals surface area contributed by atoms with E-state index in [0.717, 1.165) is 0 Å². The van der Waals surface area contributed by atoms with Gasteiger partial charge in [-0.1, -0.05) is 6.07 Å². The van der Waals surface area contributed by atoms with Crippen molar-refractivity contribution in [2.24, 2.45) is 0 Å². The summed E-state index contributed by atoms with van der Waals surface area (Å²) < 4.78 is 20.5. The quantitative estimate of drug-likeness (QED) is 0.913. The van der Waals surface area contributed by atoms with Crippen LogP contribution in [0.5, 0.6) is 5.75 Å². The smallest absolute Gasteiger partial charge is 0.325 e. The molecule has 1 N–H and O–H groups in total. The van der Waals surface area contributed by atoms with Crippen LogP contribution in [-0.4, -0.2) is 27.0 Å². The lowest BCUT2D eigenvalue weighted by molar-refractivity contribution is -0.137. The average molecular weight is 278 g/mol. The molecule has 6 heteroatoms. The molecule has 0 spiro atoms. The summed E-state index contributed by atoms with van der Waals surface area (Å²) in [7, 11) is 0. The molecule has 0 aliphatic rings. The Kier molecular flexibility index (Phi) is 4.02. The highest BCUT2D eigenvalue weighted by Crippen LogP contribution is 2.26. The maximum atomic E-state index is 13.9. The number of hydrogen-bond acceptors (Lipinski definition) is 3. The summed E-state index contributed by atoms with van der Waals surface area (Å²) in [4.78, 5) is 10.6. The van der Waals surface area contributed by atoms with Crippen LogP contribution in [0.4, 0.5) is 4.39 Å². The Morgan fingerprint density at radius 1 is 1.45 bits per heavy atom. The van der Waals surface area contributed by atoms with E-state index < -0.39 is 11.8 Å². The number of halogens is 1. The third-order valence-electron chi connectivity index (χ3n) is 2.56. The number of rotatable bonds is 5. The molecule has 1 aromatic heterocycles. The fourth-order valence-electron chi connectivity index (χ4n) is 1.77. The van der Waals surface area contributed by atoms with E-state index >= 15 is 0 Å². The summed E-state index contributed by atoms with van der Waals surface area (Å²) in [6.07, 6.45) is 2.96. The Bertz CT molecular complexity index is 623. The molecule has 0 aliphatic carbocycles. The summed E-state index contributed by atoms with van der Waals surface area (Å²) >= 11 is 0. The van der Waals surface area contributed by atoms with Crippen molar-refractivity contribution in [3.8, 4) is 16.9 Å². The number of ether oxygens (including phenoxy) is 1. The predicted octanol–water partition coefficient (Wildman–Crippen LogP) is 2.56. The number of carboxylic acid groups (broad SMARTS) is 1. The topological polar surface area (TPSA) is 64.4 Å². The second-order valence-electron chi connectivity index (χ2n) is 4.63. The maximum Gasteiger partial charge on any atom is 0.325 e. The van der Waals surface area contributed by atoms with Crippen LogP contribution in [0.3, 0.4) is 0 Å². The van der Waals surface area contributed by atoms with Gasteiger partial charge in [-0.25, -0.2) is 4.39 Å². The molecule has 20 heavy (non-hydrogen) atoms. The number of carbonyl (C=O) groups is 1. The number of nitrogens with zero attached hydrogens (tertiary/aromatic N) is 2. The normalized spacial score (nSPS) is 10.8. The van der Waals surface area contributed by atoms with Gasteiger partial charge in [0, 0.05) is 11.8 Å². The van der Waals surface area contributed by atoms with Gasteiger partial charge >= 0.3 is 5.97 Å². The van der Waals surface area contributed by atoms with Crippen molar-refractivity contribution in [2.45, 2.75) is 26.5 Å². The average Bonchev–Trinajstić information content (AvgIpc) is 2.78. The number of hydrogen-bond donors (Lipinski definition) is 1. The van der Waals surface area contributed by atoms with Crippen LogP contribution in [0.2, 0.25) is 0 Å². The second-order valence-corrected chi connectivity index (χ2v) is 4.63. The highest BCUT2D eigenvalue weighted by atomic mass is 19.1. The molecule has 1 aromatic carbocycles. The molecule has 106 valence electrons. The maximum absolute atomic E-state index is 13.9. The Labute approximate surface area is 115 Å². The van der Waals surface area contributed by atoms with E-state index in [1.54, 1.807) is 18.3 Å². The lowest BCUT2D eigenvalue weighted by Crippen LogP contribution is -2.08. The van der Waals surface area contributed by atoms with Gasteiger partial charge in [-0.05, 0) is 31.5 Å². The minimum absolute atomic E-state index is 0.103. The molecule has 0 bridgehead atoms. The van der Waals surface area contributed by atoms with Gasteiger partial charge < -0.3 is 9.84 Å².